The summed E-state index contributed by atoms with van der Waals surface area (Å²) >= 11 is 2.14. The van der Waals surface area contributed by atoms with Crippen LogP contribution in [0.25, 0.3) is 0 Å². The Morgan fingerprint density at radius 1 is 1.53 bits per heavy atom. The summed E-state index contributed by atoms with van der Waals surface area (Å²) in [4.78, 5) is 16.1. The second-order valence-corrected chi connectivity index (χ2v) is 4.35. The number of carbonyl (C=O) groups is 1. The minimum absolute atomic E-state index is 0.291. The van der Waals surface area contributed by atoms with Gasteiger partial charge in [-0.25, -0.2) is 4.98 Å². The van der Waals surface area contributed by atoms with E-state index in [0.717, 1.165) is 22.9 Å². The molecule has 0 radical (unpaired) electrons. The first-order chi connectivity index (χ1) is 7.16. The average Bonchev–Trinajstić information content (AvgIpc) is 2.75. The van der Waals surface area contributed by atoms with E-state index in [9.17, 15) is 4.79 Å². The smallest absolute Gasteiger partial charge is 0.269 e. The van der Waals surface area contributed by atoms with Crippen molar-refractivity contribution in [1.82, 2.24) is 19.8 Å². The van der Waals surface area contributed by atoms with E-state index < -0.39 is 0 Å². The normalized spacial score (nSPS) is 10.2. The fourth-order valence-corrected chi connectivity index (χ4v) is 2.05. The zero-order valence-electron chi connectivity index (χ0n) is 7.59. The maximum absolute atomic E-state index is 11.7. The van der Waals surface area contributed by atoms with Crippen LogP contribution >= 0.6 is 22.9 Å². The highest BCUT2D eigenvalue weighted by Gasteiger charge is 2.15. The summed E-state index contributed by atoms with van der Waals surface area (Å²) in [5, 5.41) is 10.2. The molecule has 0 atom stereocenters. The van der Waals surface area contributed by atoms with Crippen LogP contribution in [0.4, 0.5) is 10.3 Å². The minimum atomic E-state index is -0.291. The number of carbonyl (C=O) groups excluding carboxylic acids is 1. The van der Waals surface area contributed by atoms with Crippen molar-refractivity contribution >= 4 is 39.0 Å². The lowest BCUT2D eigenvalue weighted by Crippen LogP contribution is -2.11. The van der Waals surface area contributed by atoms with Gasteiger partial charge in [-0.2, -0.15) is 0 Å². The predicted octanol–water partition coefficient (Wildman–Crippen LogP) is 0.533. The van der Waals surface area contributed by atoms with Crippen LogP contribution in [-0.4, -0.2) is 25.7 Å². The van der Waals surface area contributed by atoms with Crippen molar-refractivity contribution in [3.63, 3.8) is 0 Å². The van der Waals surface area contributed by atoms with E-state index in [4.69, 9.17) is 5.73 Å². The van der Waals surface area contributed by atoms with E-state index in [-0.39, 0.29) is 5.91 Å². The summed E-state index contributed by atoms with van der Waals surface area (Å²) in [6.07, 6.45) is 0. The molecule has 2 heterocycles. The van der Waals surface area contributed by atoms with Gasteiger partial charge in [0.25, 0.3) is 5.91 Å². The van der Waals surface area contributed by atoms with Crippen molar-refractivity contribution in [3.05, 3.63) is 10.6 Å². The summed E-state index contributed by atoms with van der Waals surface area (Å²) in [5.41, 5.74) is 6.08. The minimum Gasteiger partial charge on any atom is -0.375 e. The Balaban J connectivity index is 2.18. The Labute approximate surface area is 92.5 Å². The zero-order chi connectivity index (χ0) is 10.8. The van der Waals surface area contributed by atoms with E-state index in [1.54, 1.807) is 6.92 Å². The van der Waals surface area contributed by atoms with Crippen molar-refractivity contribution < 1.29 is 4.79 Å². The largest absolute Gasteiger partial charge is 0.375 e. The Morgan fingerprint density at radius 3 is 2.87 bits per heavy atom. The third kappa shape index (κ3) is 2.07. The van der Waals surface area contributed by atoms with Gasteiger partial charge in [-0.05, 0) is 12.1 Å². The van der Waals surface area contributed by atoms with Crippen molar-refractivity contribution in [2.75, 3.05) is 11.1 Å². The van der Waals surface area contributed by atoms with Gasteiger partial charge < -0.3 is 5.73 Å². The van der Waals surface area contributed by atoms with Crippen LogP contribution in [0.1, 0.15) is 15.4 Å². The van der Waals surface area contributed by atoms with Crippen molar-refractivity contribution in [3.8, 4) is 0 Å². The van der Waals surface area contributed by atoms with Crippen LogP contribution < -0.4 is 11.1 Å². The van der Waals surface area contributed by atoms with Gasteiger partial charge in [0.05, 0.1) is 5.69 Å². The molecule has 15 heavy (non-hydrogen) atoms. The lowest BCUT2D eigenvalue weighted by Gasteiger charge is -1.96. The van der Waals surface area contributed by atoms with E-state index in [2.05, 4.69) is 25.1 Å². The fourth-order valence-electron chi connectivity index (χ4n) is 0.964. The van der Waals surface area contributed by atoms with Gasteiger partial charge in [0.15, 0.2) is 5.13 Å². The number of rotatable bonds is 2. The maximum atomic E-state index is 11.7. The molecule has 0 aliphatic heterocycles. The van der Waals surface area contributed by atoms with Crippen molar-refractivity contribution in [1.29, 1.82) is 0 Å². The number of nitrogens with zero attached hydrogens (tertiary/aromatic N) is 4. The molecule has 2 aromatic rings. The van der Waals surface area contributed by atoms with Gasteiger partial charge >= 0.3 is 0 Å². The summed E-state index contributed by atoms with van der Waals surface area (Å²) < 4.78 is 3.53. The first-order valence-corrected chi connectivity index (χ1v) is 5.45. The molecule has 0 unspecified atom stereocenters. The van der Waals surface area contributed by atoms with Crippen LogP contribution in [0.5, 0.6) is 0 Å². The number of aromatic nitrogens is 4. The van der Waals surface area contributed by atoms with E-state index in [1.165, 1.54) is 0 Å². The highest BCUT2D eigenvalue weighted by molar-refractivity contribution is 7.17. The van der Waals surface area contributed by atoms with E-state index in [1.807, 2.05) is 0 Å². The third-order valence-corrected chi connectivity index (χ3v) is 3.04. The molecule has 0 bridgehead atoms. The standard InChI is InChI=1S/C6H6N6OS2/c1-2-3(14-5(7)8-2)4(13)9-6-10-11-12-15-6/h1H3,(H2,7,8)(H,9,10,12,13). The van der Waals surface area contributed by atoms with E-state index in [0.29, 0.717) is 20.8 Å². The van der Waals surface area contributed by atoms with Gasteiger partial charge in [-0.1, -0.05) is 20.9 Å². The second-order valence-electron chi connectivity index (χ2n) is 2.59. The SMILES string of the molecule is Cc1nc(N)sc1C(=O)Nc1nnns1. The van der Waals surface area contributed by atoms with Gasteiger partial charge in [-0.3, -0.25) is 10.1 Å². The van der Waals surface area contributed by atoms with Crippen LogP contribution in [0.15, 0.2) is 0 Å². The van der Waals surface area contributed by atoms with Crippen LogP contribution in [0, 0.1) is 6.92 Å². The number of nitrogens with one attached hydrogen (secondary N) is 1. The maximum Gasteiger partial charge on any atom is 0.269 e. The van der Waals surface area contributed by atoms with Crippen LogP contribution in [-0.2, 0) is 0 Å². The predicted molar refractivity (Wildman–Crippen MR) is 56.9 cm³/mol. The number of hydrogen-bond acceptors (Lipinski definition) is 8. The third-order valence-electron chi connectivity index (χ3n) is 1.54. The molecule has 0 fully saturated rings. The molecule has 7 nitrogen and oxygen atoms in total. The topological polar surface area (TPSA) is 107 Å². The lowest BCUT2D eigenvalue weighted by atomic mass is 10.4. The van der Waals surface area contributed by atoms with Gasteiger partial charge in [0, 0.05) is 11.5 Å². The molecular weight excluding hydrogens is 236 g/mol. The first kappa shape index (κ1) is 9.93. The Bertz CT molecular complexity index is 478. The molecular formula is C6H6N6OS2. The average molecular weight is 242 g/mol. The van der Waals surface area contributed by atoms with Crippen molar-refractivity contribution in [2.45, 2.75) is 6.92 Å². The first-order valence-electron chi connectivity index (χ1n) is 3.86. The number of nitrogen functional groups attached to an aromatic ring is 1. The van der Waals surface area contributed by atoms with Crippen LogP contribution in [0.3, 0.4) is 0 Å². The molecule has 0 saturated heterocycles. The number of thiazole rings is 1. The summed E-state index contributed by atoms with van der Waals surface area (Å²) in [5.74, 6) is -0.291. The summed E-state index contributed by atoms with van der Waals surface area (Å²) in [7, 11) is 0. The Kier molecular flexibility index (Phi) is 2.56. The molecule has 3 N–H and O–H groups in total. The molecule has 2 aromatic heterocycles. The fraction of sp³-hybridized carbons (Fsp3) is 0.167. The number of aryl methyl sites for hydroxylation is 1. The van der Waals surface area contributed by atoms with Gasteiger partial charge in [-0.15, -0.1) is 0 Å². The highest BCUT2D eigenvalue weighted by atomic mass is 32.1. The molecule has 0 saturated carbocycles. The Morgan fingerprint density at radius 2 is 2.33 bits per heavy atom. The zero-order valence-corrected chi connectivity index (χ0v) is 9.22. The second kappa shape index (κ2) is 3.87. The lowest BCUT2D eigenvalue weighted by molar-refractivity contribution is 0.102. The molecule has 9 heteroatoms. The summed E-state index contributed by atoms with van der Waals surface area (Å²) in [6.45, 7) is 1.72. The quantitative estimate of drug-likeness (QED) is 0.795. The molecule has 1 amide bonds. The number of nitrogens with two attached hydrogens (primary N) is 1. The molecule has 0 aliphatic carbocycles. The molecule has 0 spiro atoms. The molecule has 2 rings (SSSR count). The highest BCUT2D eigenvalue weighted by Crippen LogP contribution is 2.20. The molecule has 0 aromatic carbocycles. The number of amides is 1. The van der Waals surface area contributed by atoms with Gasteiger partial charge in [0.1, 0.15) is 4.88 Å². The van der Waals surface area contributed by atoms with Crippen LogP contribution in [0.2, 0.25) is 0 Å². The monoisotopic (exact) mass is 242 g/mol. The number of hydrogen-bond donors (Lipinski definition) is 2. The Hall–Kier alpha value is -1.61. The van der Waals surface area contributed by atoms with Gasteiger partial charge in [0.2, 0.25) is 5.13 Å². The molecule has 0 aliphatic rings. The summed E-state index contributed by atoms with van der Waals surface area (Å²) in [6, 6.07) is 0. The van der Waals surface area contributed by atoms with Crippen molar-refractivity contribution in [2.24, 2.45) is 0 Å². The number of anilines is 2. The van der Waals surface area contributed by atoms with E-state index >= 15 is 0 Å². The molecule has 78 valence electrons.